The van der Waals surface area contributed by atoms with Crippen LogP contribution in [0.15, 0.2) is 6.07 Å². The molecule has 1 heterocycles. The number of primary amides is 1. The third-order valence-corrected chi connectivity index (χ3v) is 2.00. The van der Waals surface area contributed by atoms with E-state index in [0.29, 0.717) is 0 Å². The molecule has 15 heavy (non-hydrogen) atoms. The number of pyridine rings is 1. The van der Waals surface area contributed by atoms with E-state index in [4.69, 9.17) is 28.9 Å². The predicted molar refractivity (Wildman–Crippen MR) is 53.8 cm³/mol. The highest BCUT2D eigenvalue weighted by Crippen LogP contribution is 2.29. The van der Waals surface area contributed by atoms with E-state index in [-0.39, 0.29) is 22.3 Å². The molecule has 0 aromatic carbocycles. The summed E-state index contributed by atoms with van der Waals surface area (Å²) in [5.74, 6) is -0.712. The molecule has 0 bridgehead atoms. The van der Waals surface area contributed by atoms with Gasteiger partial charge in [-0.1, -0.05) is 23.2 Å². The Hall–Kier alpha value is -1.40. The first-order valence-corrected chi connectivity index (χ1v) is 4.45. The molecule has 8 heteroatoms. The average molecular weight is 250 g/mol. The molecular formula is C7H5Cl2N3O3. The van der Waals surface area contributed by atoms with Crippen molar-refractivity contribution in [3.63, 3.8) is 0 Å². The topological polar surface area (TPSA) is 99.1 Å². The summed E-state index contributed by atoms with van der Waals surface area (Å²) in [7, 11) is 0. The highest BCUT2D eigenvalue weighted by atomic mass is 35.5. The fourth-order valence-electron chi connectivity index (χ4n) is 1.04. The third-order valence-electron chi connectivity index (χ3n) is 1.55. The quantitative estimate of drug-likeness (QED) is 0.496. The summed E-state index contributed by atoms with van der Waals surface area (Å²) in [5, 5.41) is 10.2. The van der Waals surface area contributed by atoms with Crippen LogP contribution in [0.4, 0.5) is 5.69 Å². The zero-order chi connectivity index (χ0) is 11.6. The minimum atomic E-state index is -0.732. The minimum absolute atomic E-state index is 0.0261. The maximum absolute atomic E-state index is 10.7. The van der Waals surface area contributed by atoms with Crippen molar-refractivity contribution in [2.45, 2.75) is 6.42 Å². The van der Waals surface area contributed by atoms with E-state index in [9.17, 15) is 14.9 Å². The van der Waals surface area contributed by atoms with Crippen LogP contribution < -0.4 is 5.73 Å². The van der Waals surface area contributed by atoms with Crippen LogP contribution in [0.5, 0.6) is 0 Å². The van der Waals surface area contributed by atoms with Crippen molar-refractivity contribution in [1.82, 2.24) is 4.98 Å². The van der Waals surface area contributed by atoms with Crippen LogP contribution in [0.2, 0.25) is 10.3 Å². The molecule has 1 aromatic rings. The Labute approximate surface area is 94.1 Å². The van der Waals surface area contributed by atoms with Gasteiger partial charge in [-0.15, -0.1) is 0 Å². The lowest BCUT2D eigenvalue weighted by atomic mass is 10.1. The van der Waals surface area contributed by atoms with E-state index in [1.165, 1.54) is 6.07 Å². The maximum atomic E-state index is 10.7. The minimum Gasteiger partial charge on any atom is -0.369 e. The number of halogens is 2. The van der Waals surface area contributed by atoms with Crippen LogP contribution in [-0.2, 0) is 11.2 Å². The predicted octanol–water partition coefficient (Wildman–Crippen LogP) is 1.32. The van der Waals surface area contributed by atoms with E-state index >= 15 is 0 Å². The Morgan fingerprint density at radius 1 is 1.60 bits per heavy atom. The van der Waals surface area contributed by atoms with Crippen LogP contribution in [-0.4, -0.2) is 15.8 Å². The molecule has 0 spiro atoms. The zero-order valence-corrected chi connectivity index (χ0v) is 8.75. The third kappa shape index (κ3) is 2.77. The first-order chi connectivity index (χ1) is 6.91. The fraction of sp³-hybridized carbons (Fsp3) is 0.143. The molecule has 0 fully saturated rings. The molecule has 6 nitrogen and oxygen atoms in total. The van der Waals surface area contributed by atoms with E-state index in [0.717, 1.165) is 0 Å². The molecule has 2 N–H and O–H groups in total. The molecular weight excluding hydrogens is 245 g/mol. The number of amides is 1. The van der Waals surface area contributed by atoms with Crippen LogP contribution in [0.3, 0.4) is 0 Å². The van der Waals surface area contributed by atoms with Crippen molar-refractivity contribution in [3.05, 3.63) is 32.1 Å². The van der Waals surface area contributed by atoms with Gasteiger partial charge in [0.25, 0.3) is 0 Å². The van der Waals surface area contributed by atoms with Crippen LogP contribution in [0.1, 0.15) is 5.56 Å². The largest absolute Gasteiger partial charge is 0.369 e. The van der Waals surface area contributed by atoms with E-state index in [2.05, 4.69) is 4.98 Å². The van der Waals surface area contributed by atoms with Gasteiger partial charge in [-0.05, 0) is 6.07 Å². The Balaban J connectivity index is 3.33. The molecule has 0 aliphatic carbocycles. The van der Waals surface area contributed by atoms with Crippen molar-refractivity contribution in [1.29, 1.82) is 0 Å². The number of rotatable bonds is 3. The Bertz CT molecular complexity index is 436. The Morgan fingerprint density at radius 2 is 2.20 bits per heavy atom. The van der Waals surface area contributed by atoms with Gasteiger partial charge < -0.3 is 5.73 Å². The van der Waals surface area contributed by atoms with Crippen molar-refractivity contribution >= 4 is 34.8 Å². The second kappa shape index (κ2) is 4.41. The van der Waals surface area contributed by atoms with Gasteiger partial charge in [0.15, 0.2) is 0 Å². The van der Waals surface area contributed by atoms with Gasteiger partial charge in [0.2, 0.25) is 11.1 Å². The molecule has 0 saturated carbocycles. The van der Waals surface area contributed by atoms with Crippen LogP contribution in [0.25, 0.3) is 0 Å². The summed E-state index contributed by atoms with van der Waals surface area (Å²) in [6.07, 6.45) is -0.307. The molecule has 0 saturated heterocycles. The summed E-state index contributed by atoms with van der Waals surface area (Å²) in [5.41, 5.74) is 4.53. The first kappa shape index (κ1) is 11.7. The molecule has 0 unspecified atom stereocenters. The Morgan fingerprint density at radius 3 is 2.67 bits per heavy atom. The highest BCUT2D eigenvalue weighted by molar-refractivity contribution is 6.34. The average Bonchev–Trinajstić information content (AvgIpc) is 1.99. The van der Waals surface area contributed by atoms with Gasteiger partial charge in [-0.25, -0.2) is 4.98 Å². The summed E-state index contributed by atoms with van der Waals surface area (Å²) in [6.45, 7) is 0. The number of nitrogens with two attached hydrogens (primary N) is 1. The number of carbonyl (C=O) groups excluding carboxylic acids is 1. The standard InChI is InChI=1S/C7H5Cl2N3O3/c8-4-1-3(2-5(10)13)6(12(14)15)7(9)11-4/h1H,2H2,(H2,10,13). The van der Waals surface area contributed by atoms with E-state index in [1.807, 2.05) is 0 Å². The van der Waals surface area contributed by atoms with Gasteiger partial charge in [0.05, 0.1) is 11.3 Å². The zero-order valence-electron chi connectivity index (χ0n) is 7.24. The normalized spacial score (nSPS) is 10.0. The number of hydrogen-bond donors (Lipinski definition) is 1. The molecule has 0 radical (unpaired) electrons. The van der Waals surface area contributed by atoms with E-state index in [1.54, 1.807) is 0 Å². The SMILES string of the molecule is NC(=O)Cc1cc(Cl)nc(Cl)c1[N+](=O)[O-]. The number of carbonyl (C=O) groups is 1. The molecule has 0 aliphatic rings. The Kier molecular flexibility index (Phi) is 3.43. The molecule has 1 aromatic heterocycles. The lowest BCUT2D eigenvalue weighted by Gasteiger charge is -2.02. The molecule has 1 amide bonds. The number of nitro groups is 1. The number of aromatic nitrogens is 1. The second-order valence-electron chi connectivity index (χ2n) is 2.64. The van der Waals surface area contributed by atoms with Crippen molar-refractivity contribution in [2.24, 2.45) is 5.73 Å². The molecule has 0 aliphatic heterocycles. The van der Waals surface area contributed by atoms with Gasteiger partial charge >= 0.3 is 5.69 Å². The van der Waals surface area contributed by atoms with Gasteiger partial charge in [0.1, 0.15) is 5.15 Å². The monoisotopic (exact) mass is 249 g/mol. The summed E-state index contributed by atoms with van der Waals surface area (Å²) < 4.78 is 0. The highest BCUT2D eigenvalue weighted by Gasteiger charge is 2.22. The lowest BCUT2D eigenvalue weighted by Crippen LogP contribution is -2.15. The van der Waals surface area contributed by atoms with Crippen LogP contribution >= 0.6 is 23.2 Å². The summed E-state index contributed by atoms with van der Waals surface area (Å²) in [6, 6.07) is 1.19. The van der Waals surface area contributed by atoms with Crippen molar-refractivity contribution < 1.29 is 9.72 Å². The second-order valence-corrected chi connectivity index (χ2v) is 3.39. The fourth-order valence-corrected chi connectivity index (χ4v) is 1.58. The first-order valence-electron chi connectivity index (χ1n) is 3.69. The smallest absolute Gasteiger partial charge is 0.310 e. The van der Waals surface area contributed by atoms with Gasteiger partial charge in [-0.3, -0.25) is 14.9 Å². The van der Waals surface area contributed by atoms with Gasteiger partial charge in [0, 0.05) is 5.56 Å². The molecule has 0 atom stereocenters. The van der Waals surface area contributed by atoms with Gasteiger partial charge in [-0.2, -0.15) is 0 Å². The van der Waals surface area contributed by atoms with Crippen LogP contribution in [0, 0.1) is 10.1 Å². The molecule has 80 valence electrons. The summed E-state index contributed by atoms with van der Waals surface area (Å²) in [4.78, 5) is 24.0. The number of nitrogens with zero attached hydrogens (tertiary/aromatic N) is 2. The van der Waals surface area contributed by atoms with E-state index < -0.39 is 16.5 Å². The maximum Gasteiger partial charge on any atom is 0.310 e. The molecule has 1 rings (SSSR count). The number of hydrogen-bond acceptors (Lipinski definition) is 4. The van der Waals surface area contributed by atoms with Crippen molar-refractivity contribution in [3.8, 4) is 0 Å². The van der Waals surface area contributed by atoms with Crippen molar-refractivity contribution in [2.75, 3.05) is 0 Å². The lowest BCUT2D eigenvalue weighted by molar-refractivity contribution is -0.385. The summed E-state index contributed by atoms with van der Waals surface area (Å²) >= 11 is 11.1.